The van der Waals surface area contributed by atoms with Gasteiger partial charge >= 0.3 is 12.1 Å². The fraction of sp³-hybridized carbons (Fsp3) is 0.558. The van der Waals surface area contributed by atoms with Gasteiger partial charge in [0.25, 0.3) is 5.91 Å². The third-order valence-electron chi connectivity index (χ3n) is 12.0. The molecule has 1 aliphatic carbocycles. The topological polar surface area (TPSA) is 140 Å². The molecule has 3 aromatic heterocycles. The summed E-state index contributed by atoms with van der Waals surface area (Å²) in [7, 11) is 3.49. The number of hydrogen-bond acceptors (Lipinski definition) is 11. The Bertz CT molecular complexity index is 2330. The average molecular weight is 1020 g/mol. The monoisotopic (exact) mass is 1020 g/mol. The number of amides is 2. The van der Waals surface area contributed by atoms with Crippen LogP contribution in [0.1, 0.15) is 74.9 Å². The molecular formula is C43H62F3N7O6S6. The van der Waals surface area contributed by atoms with Crippen LogP contribution in [0.3, 0.4) is 0 Å². The summed E-state index contributed by atoms with van der Waals surface area (Å²) in [5, 5.41) is 7.43. The second-order valence-electron chi connectivity index (χ2n) is 17.6. The lowest BCUT2D eigenvalue weighted by Crippen LogP contribution is -2.60. The summed E-state index contributed by atoms with van der Waals surface area (Å²) in [4.78, 5) is 53.0. The van der Waals surface area contributed by atoms with Crippen LogP contribution in [0.2, 0.25) is 0 Å². The molecule has 2 N–H and O–H groups in total. The van der Waals surface area contributed by atoms with E-state index in [0.717, 1.165) is 12.0 Å². The summed E-state index contributed by atoms with van der Waals surface area (Å²) in [6.07, 6.45) is -3.15. The summed E-state index contributed by atoms with van der Waals surface area (Å²) in [5.74, 6) is -0.629. The standard InChI is InChI=1S/C43H52F3N7O6S.5H2S/c1-23-14-27(23)38(54)48-32-17-35-47-33(20-60-35)25-9-10-34-28(15-25)30(18-42(3,4)22-59-41(56)31-8-7-11-53(50-31)40(32)55)37(52(34)21-43(44,45)46)29-16-26-19-51(5)12-13-58-39(26)49-36(29)24(2)57-6;;;;;/h9-10,15-16,20,23-24,27,31-32,50H,7-8,11-14,17-19,21-22H2,1-6H3,(H,48,54);5*1H2/t23-,24-,27-,31-,32-;;;;;/m0...../s1. The number of carbonyl (C=O) groups excluding carboxylic acids is 3. The third kappa shape index (κ3) is 12.4. The lowest BCUT2D eigenvalue weighted by molar-refractivity contribution is -0.155. The summed E-state index contributed by atoms with van der Waals surface area (Å²) < 4.78 is 63.6. The number of benzene rings is 1. The molecule has 22 heteroatoms. The zero-order chi connectivity index (χ0) is 42.7. The van der Waals surface area contributed by atoms with E-state index in [4.69, 9.17) is 24.2 Å². The molecule has 65 heavy (non-hydrogen) atoms. The minimum absolute atomic E-state index is 0. The van der Waals surface area contributed by atoms with Gasteiger partial charge in [0, 0.05) is 77.5 Å². The molecule has 0 unspecified atom stereocenters. The van der Waals surface area contributed by atoms with Crippen molar-refractivity contribution in [1.82, 2.24) is 35.2 Å². The molecule has 1 saturated carbocycles. The number of carbonyl (C=O) groups is 3. The molecule has 2 fully saturated rings. The maximum absolute atomic E-state index is 14.8. The summed E-state index contributed by atoms with van der Waals surface area (Å²) >= 11 is 1.34. The van der Waals surface area contributed by atoms with Crippen molar-refractivity contribution in [2.75, 3.05) is 40.5 Å². The van der Waals surface area contributed by atoms with Crippen LogP contribution in [0.5, 0.6) is 5.88 Å². The van der Waals surface area contributed by atoms with E-state index in [1.165, 1.54) is 28.0 Å². The Morgan fingerprint density at radius 2 is 1.82 bits per heavy atom. The number of rotatable bonds is 6. The summed E-state index contributed by atoms with van der Waals surface area (Å²) in [6, 6.07) is 5.46. The van der Waals surface area contributed by atoms with Crippen LogP contribution in [0.15, 0.2) is 29.6 Å². The first-order chi connectivity index (χ1) is 28.5. The van der Waals surface area contributed by atoms with Crippen molar-refractivity contribution in [3.63, 3.8) is 0 Å². The number of halogens is 3. The van der Waals surface area contributed by atoms with Gasteiger partial charge in [0.05, 0.1) is 34.8 Å². The van der Waals surface area contributed by atoms with E-state index in [1.54, 1.807) is 12.1 Å². The zero-order valence-corrected chi connectivity index (χ0v) is 43.1. The number of fused-ring (bicyclic) bond motifs is 7. The molecule has 0 radical (unpaired) electrons. The van der Waals surface area contributed by atoms with Crippen molar-refractivity contribution >= 4 is 108 Å². The van der Waals surface area contributed by atoms with Crippen LogP contribution in [-0.2, 0) is 49.8 Å². The molecule has 5 atom stereocenters. The van der Waals surface area contributed by atoms with Crippen molar-refractivity contribution in [3.05, 3.63) is 51.5 Å². The maximum atomic E-state index is 14.8. The number of thiazole rings is 1. The van der Waals surface area contributed by atoms with Crippen molar-refractivity contribution < 1.29 is 41.8 Å². The van der Waals surface area contributed by atoms with E-state index in [1.807, 2.05) is 52.3 Å². The number of cyclic esters (lactones) is 1. The van der Waals surface area contributed by atoms with E-state index < -0.39 is 42.3 Å². The number of methoxy groups -OCH3 is 1. The first-order valence-corrected chi connectivity index (χ1v) is 21.5. The van der Waals surface area contributed by atoms with Crippen molar-refractivity contribution in [2.45, 2.75) is 97.3 Å². The van der Waals surface area contributed by atoms with E-state index in [0.29, 0.717) is 94.6 Å². The van der Waals surface area contributed by atoms with Gasteiger partial charge in [-0.25, -0.2) is 15.4 Å². The molecule has 6 bridgehead atoms. The lowest BCUT2D eigenvalue weighted by atomic mass is 9.84. The number of nitrogens with zero attached hydrogens (tertiary/aromatic N) is 5. The predicted octanol–water partition coefficient (Wildman–Crippen LogP) is 6.79. The quantitative estimate of drug-likeness (QED) is 0.199. The molecule has 4 aromatic rings. The van der Waals surface area contributed by atoms with Gasteiger partial charge in [0.15, 0.2) is 0 Å². The van der Waals surface area contributed by atoms with Crippen molar-refractivity contribution in [2.24, 2.45) is 17.3 Å². The van der Waals surface area contributed by atoms with E-state index in [9.17, 15) is 27.6 Å². The molecular weight excluding hydrogens is 960 g/mol. The Morgan fingerprint density at radius 1 is 1.09 bits per heavy atom. The second kappa shape index (κ2) is 22.5. The number of aromatic nitrogens is 3. The highest BCUT2D eigenvalue weighted by Gasteiger charge is 2.42. The van der Waals surface area contributed by atoms with Gasteiger partial charge in [0.2, 0.25) is 11.8 Å². The van der Waals surface area contributed by atoms with Gasteiger partial charge in [0.1, 0.15) is 25.2 Å². The van der Waals surface area contributed by atoms with Crippen LogP contribution in [0.4, 0.5) is 13.2 Å². The predicted molar refractivity (Wildman–Crippen MR) is 271 cm³/mol. The molecule has 1 saturated heterocycles. The Labute approximate surface area is 416 Å². The normalized spacial score (nSPS) is 22.3. The average Bonchev–Trinajstić information content (AvgIpc) is 3.72. The van der Waals surface area contributed by atoms with Crippen LogP contribution in [-0.4, -0.2) is 101 Å². The largest absolute Gasteiger partial charge is 0.476 e. The number of alkyl halides is 3. The SMILES string of the molecule is CO[C@@H](C)c1nc2c(cc1-c1c3c4cc(ccc4n1CC(F)(F)F)-c1csc(n1)C[C@H](NC(=O)[C@H]1C[C@@H]1C)C(=O)N1CCC[C@H](N1)C(=O)OCC(C)(C)C3)CN(C)CCO2.S.S.S.S.S. The summed E-state index contributed by atoms with van der Waals surface area (Å²) in [5.41, 5.74) is 6.57. The number of hydrogen-bond donors (Lipinski definition) is 2. The first kappa shape index (κ1) is 56.5. The number of nitrogens with one attached hydrogen (secondary N) is 2. The molecule has 1 aromatic carbocycles. The molecule has 3 aliphatic heterocycles. The van der Waals surface area contributed by atoms with Gasteiger partial charge in [-0.2, -0.15) is 80.6 Å². The number of likely N-dealkylation sites (N-methyl/N-ethyl adjacent to an activating group) is 1. The Kier molecular flexibility index (Phi) is 19.6. The fourth-order valence-corrected chi connectivity index (χ4v) is 9.41. The highest BCUT2D eigenvalue weighted by atomic mass is 32.1. The minimum Gasteiger partial charge on any atom is -0.476 e. The minimum atomic E-state index is -4.59. The molecule has 4 aliphatic rings. The highest BCUT2D eigenvalue weighted by Crippen LogP contribution is 2.45. The van der Waals surface area contributed by atoms with Crippen LogP contribution >= 0.6 is 78.8 Å². The number of ether oxygens (including phenoxy) is 3. The van der Waals surface area contributed by atoms with Gasteiger partial charge in [-0.3, -0.25) is 24.3 Å². The van der Waals surface area contributed by atoms with Crippen LogP contribution in [0, 0.1) is 17.3 Å². The smallest absolute Gasteiger partial charge is 0.406 e. The molecule has 13 nitrogen and oxygen atoms in total. The number of esters is 1. The molecule has 2 amide bonds. The lowest BCUT2D eigenvalue weighted by Gasteiger charge is -2.35. The number of hydrazine groups is 1. The van der Waals surface area contributed by atoms with Gasteiger partial charge < -0.3 is 24.1 Å². The maximum Gasteiger partial charge on any atom is 0.406 e. The Morgan fingerprint density at radius 3 is 2.49 bits per heavy atom. The third-order valence-corrected chi connectivity index (χ3v) is 12.9. The summed E-state index contributed by atoms with van der Waals surface area (Å²) in [6.45, 7) is 8.18. The van der Waals surface area contributed by atoms with Gasteiger partial charge in [-0.15, -0.1) is 11.3 Å². The Balaban J connectivity index is 0.00000224. The van der Waals surface area contributed by atoms with Gasteiger partial charge in [-0.05, 0) is 69.3 Å². The molecule has 6 heterocycles. The van der Waals surface area contributed by atoms with Crippen LogP contribution < -0.4 is 15.5 Å². The van der Waals surface area contributed by atoms with Crippen molar-refractivity contribution in [3.8, 4) is 28.4 Å². The molecule has 8 rings (SSSR count). The highest BCUT2D eigenvalue weighted by molar-refractivity contribution is 7.60. The van der Waals surface area contributed by atoms with Gasteiger partial charge in [-0.1, -0.05) is 26.8 Å². The van der Waals surface area contributed by atoms with Crippen molar-refractivity contribution in [1.29, 1.82) is 0 Å². The van der Waals surface area contributed by atoms with Crippen LogP contribution in [0.25, 0.3) is 33.4 Å². The zero-order valence-electron chi connectivity index (χ0n) is 37.3. The van der Waals surface area contributed by atoms with E-state index >= 15 is 0 Å². The molecule has 0 spiro atoms. The van der Waals surface area contributed by atoms with E-state index in [2.05, 4.69) is 15.6 Å². The Hall–Kier alpha value is -2.83. The first-order valence-electron chi connectivity index (χ1n) is 20.6. The fourth-order valence-electron chi connectivity index (χ4n) is 8.56. The number of pyridine rings is 1. The molecule has 362 valence electrons. The van der Waals surface area contributed by atoms with E-state index in [-0.39, 0.29) is 111 Å². The second-order valence-corrected chi connectivity index (χ2v) is 18.5.